The molecule has 9 heteroatoms. The molecule has 0 saturated carbocycles. The predicted molar refractivity (Wildman–Crippen MR) is 109 cm³/mol. The van der Waals surface area contributed by atoms with E-state index in [0.717, 1.165) is 11.1 Å². The highest BCUT2D eigenvalue weighted by molar-refractivity contribution is 5.99. The summed E-state index contributed by atoms with van der Waals surface area (Å²) in [7, 11) is 0. The summed E-state index contributed by atoms with van der Waals surface area (Å²) in [4.78, 5) is 28.3. The molecule has 1 aromatic heterocycles. The minimum absolute atomic E-state index is 0.0626. The molecule has 3 rings (SSSR count). The average Bonchev–Trinajstić information content (AvgIpc) is 3.08. The minimum Gasteiger partial charge on any atom is -0.394 e. The highest BCUT2D eigenvalue weighted by atomic mass is 16.5. The van der Waals surface area contributed by atoms with E-state index in [1.165, 1.54) is 16.8 Å². The van der Waals surface area contributed by atoms with E-state index in [-0.39, 0.29) is 18.8 Å². The van der Waals surface area contributed by atoms with Crippen LogP contribution >= 0.6 is 0 Å². The van der Waals surface area contributed by atoms with Crippen molar-refractivity contribution in [2.45, 2.75) is 24.9 Å². The minimum atomic E-state index is -0.867. The van der Waals surface area contributed by atoms with Crippen LogP contribution in [0.1, 0.15) is 23.8 Å². The number of anilines is 2. The van der Waals surface area contributed by atoms with E-state index in [9.17, 15) is 14.7 Å². The Morgan fingerprint density at radius 2 is 2.03 bits per heavy atom. The maximum atomic E-state index is 12.3. The van der Waals surface area contributed by atoms with Crippen LogP contribution in [0.2, 0.25) is 0 Å². The van der Waals surface area contributed by atoms with E-state index in [2.05, 4.69) is 28.8 Å². The summed E-state index contributed by atoms with van der Waals surface area (Å²) in [5, 5.41) is 24.1. The lowest BCUT2D eigenvalue weighted by atomic mass is 10.1. The standard InChI is InChI=1S/C20H22N4O5/c1-3-12-5-6-14(9-13(12)4-2)21-19(27)22-17-7-8-24(20(28)23-17)18-10-15(26)16(11-25)29-18/h3-9,15-16,18,25-26H,1-2,10-11H2,(H2,21,22,23,27,28). The molecule has 152 valence electrons. The normalized spacial score (nSPS) is 20.8. The van der Waals surface area contributed by atoms with Gasteiger partial charge in [-0.2, -0.15) is 4.98 Å². The van der Waals surface area contributed by atoms with Gasteiger partial charge in [0.2, 0.25) is 0 Å². The second-order valence-corrected chi connectivity index (χ2v) is 6.45. The predicted octanol–water partition coefficient (Wildman–Crippen LogP) is 1.81. The Balaban J connectivity index is 1.67. The number of carbonyl (C=O) groups is 1. The monoisotopic (exact) mass is 398 g/mol. The third-order valence-corrected chi connectivity index (χ3v) is 4.55. The van der Waals surface area contributed by atoms with Gasteiger partial charge in [0.1, 0.15) is 18.1 Å². The van der Waals surface area contributed by atoms with Gasteiger partial charge in [-0.25, -0.2) is 9.59 Å². The molecular formula is C20H22N4O5. The fourth-order valence-electron chi connectivity index (χ4n) is 3.05. The third kappa shape index (κ3) is 4.60. The van der Waals surface area contributed by atoms with Crippen LogP contribution in [-0.4, -0.2) is 44.6 Å². The first-order chi connectivity index (χ1) is 13.9. The number of urea groups is 1. The van der Waals surface area contributed by atoms with E-state index in [1.54, 1.807) is 30.4 Å². The number of aromatic nitrogens is 2. The number of nitrogens with one attached hydrogen (secondary N) is 2. The number of hydrogen-bond donors (Lipinski definition) is 4. The van der Waals surface area contributed by atoms with Crippen molar-refractivity contribution in [2.24, 2.45) is 0 Å². The van der Waals surface area contributed by atoms with Gasteiger partial charge < -0.3 is 20.3 Å². The lowest BCUT2D eigenvalue weighted by Crippen LogP contribution is -2.29. The zero-order valence-corrected chi connectivity index (χ0v) is 15.6. The molecule has 0 aliphatic carbocycles. The largest absolute Gasteiger partial charge is 0.394 e. The maximum Gasteiger partial charge on any atom is 0.351 e. The summed E-state index contributed by atoms with van der Waals surface area (Å²) in [6.07, 6.45) is 2.58. The van der Waals surface area contributed by atoms with Crippen molar-refractivity contribution in [3.05, 3.63) is 65.2 Å². The van der Waals surface area contributed by atoms with Crippen molar-refractivity contribution < 1.29 is 19.7 Å². The number of aliphatic hydroxyl groups excluding tert-OH is 2. The maximum absolute atomic E-state index is 12.3. The molecule has 0 radical (unpaired) electrons. The first-order valence-corrected chi connectivity index (χ1v) is 8.95. The van der Waals surface area contributed by atoms with Crippen LogP contribution < -0.4 is 16.3 Å². The molecule has 2 heterocycles. The molecule has 1 aliphatic heterocycles. The van der Waals surface area contributed by atoms with Crippen molar-refractivity contribution in [3.63, 3.8) is 0 Å². The summed E-state index contributed by atoms with van der Waals surface area (Å²) < 4.78 is 6.64. The Morgan fingerprint density at radius 3 is 2.66 bits per heavy atom. The Kier molecular flexibility index (Phi) is 6.23. The van der Waals surface area contributed by atoms with Crippen LogP contribution in [0, 0.1) is 0 Å². The van der Waals surface area contributed by atoms with E-state index >= 15 is 0 Å². The van der Waals surface area contributed by atoms with Crippen LogP contribution in [-0.2, 0) is 4.74 Å². The first-order valence-electron chi connectivity index (χ1n) is 8.95. The number of hydrogen-bond acceptors (Lipinski definition) is 6. The fourth-order valence-corrected chi connectivity index (χ4v) is 3.05. The highest BCUT2D eigenvalue weighted by Crippen LogP contribution is 2.27. The van der Waals surface area contributed by atoms with E-state index in [1.807, 2.05) is 0 Å². The molecule has 1 saturated heterocycles. The Hall–Kier alpha value is -3.27. The van der Waals surface area contributed by atoms with Crippen LogP contribution in [0.4, 0.5) is 16.3 Å². The van der Waals surface area contributed by atoms with E-state index < -0.39 is 30.2 Å². The molecule has 1 aliphatic rings. The second kappa shape index (κ2) is 8.82. The van der Waals surface area contributed by atoms with Gasteiger partial charge in [-0.3, -0.25) is 9.88 Å². The smallest absolute Gasteiger partial charge is 0.351 e. The van der Waals surface area contributed by atoms with Crippen LogP contribution in [0.15, 0.2) is 48.4 Å². The van der Waals surface area contributed by atoms with Crippen molar-refractivity contribution in [2.75, 3.05) is 17.2 Å². The molecule has 2 aromatic rings. The molecule has 3 atom stereocenters. The quantitative estimate of drug-likeness (QED) is 0.588. The van der Waals surface area contributed by atoms with Crippen LogP contribution in [0.5, 0.6) is 0 Å². The van der Waals surface area contributed by atoms with Gasteiger partial charge in [-0.15, -0.1) is 0 Å². The molecule has 2 amide bonds. The molecule has 4 N–H and O–H groups in total. The van der Waals surface area contributed by atoms with Gasteiger partial charge in [0.25, 0.3) is 0 Å². The first kappa shape index (κ1) is 20.5. The van der Waals surface area contributed by atoms with Gasteiger partial charge in [-0.05, 0) is 29.3 Å². The second-order valence-electron chi connectivity index (χ2n) is 6.45. The lowest BCUT2D eigenvalue weighted by Gasteiger charge is -2.15. The number of rotatable bonds is 6. The number of carbonyl (C=O) groups excluding carboxylic acids is 1. The van der Waals surface area contributed by atoms with Crippen molar-refractivity contribution in [1.82, 2.24) is 9.55 Å². The molecule has 0 spiro atoms. The average molecular weight is 398 g/mol. The Bertz CT molecular complexity index is 987. The number of benzene rings is 1. The van der Waals surface area contributed by atoms with Crippen molar-refractivity contribution in [3.8, 4) is 0 Å². The number of aliphatic hydroxyl groups is 2. The van der Waals surface area contributed by atoms with Crippen molar-refractivity contribution >= 4 is 29.7 Å². The molecule has 3 unspecified atom stereocenters. The fraction of sp³-hybridized carbons (Fsp3) is 0.250. The molecule has 9 nitrogen and oxygen atoms in total. The van der Waals surface area contributed by atoms with Crippen LogP contribution in [0.25, 0.3) is 12.2 Å². The van der Waals surface area contributed by atoms with Crippen LogP contribution in [0.3, 0.4) is 0 Å². The zero-order valence-electron chi connectivity index (χ0n) is 15.6. The summed E-state index contributed by atoms with van der Waals surface area (Å²) >= 11 is 0. The molecular weight excluding hydrogens is 376 g/mol. The van der Waals surface area contributed by atoms with E-state index in [4.69, 9.17) is 9.84 Å². The van der Waals surface area contributed by atoms with Gasteiger partial charge in [0.05, 0.1) is 12.7 Å². The Labute approximate surface area is 167 Å². The Morgan fingerprint density at radius 1 is 1.28 bits per heavy atom. The SMILES string of the molecule is C=Cc1ccc(NC(=O)Nc2ccn(C3CC(O)C(CO)O3)c(=O)n2)cc1C=C. The molecule has 1 aromatic carbocycles. The number of amides is 2. The third-order valence-electron chi connectivity index (χ3n) is 4.55. The summed E-state index contributed by atoms with van der Waals surface area (Å²) in [5.74, 6) is 0.0626. The zero-order chi connectivity index (χ0) is 21.0. The lowest BCUT2D eigenvalue weighted by molar-refractivity contribution is -0.0458. The number of nitrogens with zero attached hydrogens (tertiary/aromatic N) is 2. The molecule has 29 heavy (non-hydrogen) atoms. The van der Waals surface area contributed by atoms with Gasteiger partial charge in [-0.1, -0.05) is 31.4 Å². The van der Waals surface area contributed by atoms with Gasteiger partial charge in [0.15, 0.2) is 0 Å². The summed E-state index contributed by atoms with van der Waals surface area (Å²) in [5.41, 5.74) is 1.60. The topological polar surface area (TPSA) is 126 Å². The number of ether oxygens (including phenoxy) is 1. The molecule has 1 fully saturated rings. The highest BCUT2D eigenvalue weighted by Gasteiger charge is 2.34. The molecule has 0 bridgehead atoms. The van der Waals surface area contributed by atoms with Crippen molar-refractivity contribution in [1.29, 1.82) is 0 Å². The summed E-state index contributed by atoms with van der Waals surface area (Å²) in [6.45, 7) is 7.10. The van der Waals surface area contributed by atoms with Gasteiger partial charge >= 0.3 is 11.7 Å². The van der Waals surface area contributed by atoms with E-state index in [0.29, 0.717) is 5.69 Å². The van der Waals surface area contributed by atoms with Gasteiger partial charge in [0, 0.05) is 18.3 Å². The summed E-state index contributed by atoms with van der Waals surface area (Å²) in [6, 6.07) is 6.14.